The normalized spacial score (nSPS) is 19.7. The molecule has 6 nitrogen and oxygen atoms in total. The Morgan fingerprint density at radius 2 is 1.78 bits per heavy atom. The summed E-state index contributed by atoms with van der Waals surface area (Å²) in [4.78, 5) is 18.3. The van der Waals surface area contributed by atoms with Crippen molar-refractivity contribution in [3.63, 3.8) is 0 Å². The Bertz CT molecular complexity index is 601. The number of amides is 1. The number of nitrogens with zero attached hydrogens (tertiary/aromatic N) is 2. The van der Waals surface area contributed by atoms with Crippen molar-refractivity contribution < 1.29 is 18.5 Å². The van der Waals surface area contributed by atoms with E-state index in [1.807, 2.05) is 27.7 Å². The molecule has 0 atom stereocenters. The van der Waals surface area contributed by atoms with E-state index in [0.717, 1.165) is 0 Å². The summed E-state index contributed by atoms with van der Waals surface area (Å²) in [5, 5.41) is 2.73. The number of rotatable bonds is 4. The largest absolute Gasteiger partial charge is 0.492 e. The van der Waals surface area contributed by atoms with Crippen molar-refractivity contribution in [2.24, 2.45) is 0 Å². The van der Waals surface area contributed by atoms with Gasteiger partial charge in [-0.3, -0.25) is 4.79 Å². The van der Waals surface area contributed by atoms with Crippen LogP contribution in [0, 0.1) is 6.08 Å². The zero-order chi connectivity index (χ0) is 17.3. The quantitative estimate of drug-likeness (QED) is 0.676. The minimum absolute atomic E-state index is 0.164. The van der Waals surface area contributed by atoms with Gasteiger partial charge in [0, 0.05) is 31.4 Å². The third kappa shape index (κ3) is 4.14. The number of hydrogen-bond acceptors (Lipinski definition) is 5. The third-order valence-electron chi connectivity index (χ3n) is 4.09. The molecule has 8 heteroatoms. The molecule has 1 aromatic rings. The van der Waals surface area contributed by atoms with Gasteiger partial charge < -0.3 is 14.6 Å². The van der Waals surface area contributed by atoms with Crippen LogP contribution in [0.1, 0.15) is 40.2 Å². The second-order valence-electron chi connectivity index (χ2n) is 6.50. The average Bonchev–Trinajstić information content (AvgIpc) is 2.65. The summed E-state index contributed by atoms with van der Waals surface area (Å²) in [6, 6.07) is 0. The molecular weight excluding hydrogens is 300 g/mol. The summed E-state index contributed by atoms with van der Waals surface area (Å²) >= 11 is 0. The van der Waals surface area contributed by atoms with Gasteiger partial charge in [-0.15, -0.1) is 0 Å². The van der Waals surface area contributed by atoms with Crippen molar-refractivity contribution in [2.45, 2.75) is 45.8 Å². The molecule has 0 aromatic carbocycles. The summed E-state index contributed by atoms with van der Waals surface area (Å²) < 4.78 is 24.8. The van der Waals surface area contributed by atoms with Gasteiger partial charge in [0.25, 0.3) is 0 Å². The molecule has 124 valence electrons. The minimum Gasteiger partial charge on any atom is -0.400 e. The predicted octanol–water partition coefficient (Wildman–Crippen LogP) is 1.77. The summed E-state index contributed by atoms with van der Waals surface area (Å²) in [7, 11) is -0.614. The Balaban J connectivity index is 2.28. The fraction of sp³-hybridized carbons (Fsp3) is 0.533. The first-order valence-corrected chi connectivity index (χ1v) is 7.39. The first kappa shape index (κ1) is 17.6. The van der Waals surface area contributed by atoms with Crippen molar-refractivity contribution in [1.29, 1.82) is 0 Å². The van der Waals surface area contributed by atoms with Crippen LogP contribution in [0.4, 0.5) is 4.39 Å². The summed E-state index contributed by atoms with van der Waals surface area (Å²) in [6.07, 6.45) is 3.67. The molecule has 1 aromatic heterocycles. The second kappa shape index (κ2) is 6.37. The molecule has 23 heavy (non-hydrogen) atoms. The maximum absolute atomic E-state index is 12.8. The molecule has 2 rings (SSSR count). The second-order valence-corrected chi connectivity index (χ2v) is 6.50. The molecular formula is C15H21BFN3O3. The van der Waals surface area contributed by atoms with E-state index in [-0.39, 0.29) is 12.5 Å². The summed E-state index contributed by atoms with van der Waals surface area (Å²) in [5.41, 5.74) is 0.314. The number of nitrogens with one attached hydrogen (secondary N) is 1. The molecule has 0 radical (unpaired) electrons. The van der Waals surface area contributed by atoms with Gasteiger partial charge in [0.15, 0.2) is 0 Å². The van der Waals surface area contributed by atoms with Gasteiger partial charge in [-0.2, -0.15) is 4.39 Å². The molecule has 1 aliphatic heterocycles. The first-order chi connectivity index (χ1) is 10.6. The Morgan fingerprint density at radius 3 is 2.26 bits per heavy atom. The molecule has 1 aliphatic rings. The van der Waals surface area contributed by atoms with Crippen LogP contribution in [0.2, 0.25) is 0 Å². The predicted molar refractivity (Wildman–Crippen MR) is 84.7 cm³/mol. The highest BCUT2D eigenvalue weighted by atomic mass is 19.1. The number of halogens is 1. The van der Waals surface area contributed by atoms with Crippen LogP contribution in [-0.4, -0.2) is 40.7 Å². The smallest absolute Gasteiger partial charge is 0.400 e. The SMILES string of the molecule is CC(=O)NCC(=Cc1cnc(F)nc1)B1OC(C)(C)C(C)(C)O1. The highest BCUT2D eigenvalue weighted by Crippen LogP contribution is 2.38. The van der Waals surface area contributed by atoms with E-state index in [2.05, 4.69) is 15.3 Å². The maximum atomic E-state index is 12.8. The molecule has 2 heterocycles. The number of hydrogen-bond donors (Lipinski definition) is 1. The van der Waals surface area contributed by atoms with Crippen LogP contribution in [0.3, 0.4) is 0 Å². The number of carbonyl (C=O) groups is 1. The lowest BCUT2D eigenvalue weighted by Crippen LogP contribution is -2.41. The highest BCUT2D eigenvalue weighted by molar-refractivity contribution is 6.56. The van der Waals surface area contributed by atoms with E-state index < -0.39 is 24.4 Å². The van der Waals surface area contributed by atoms with Gasteiger partial charge >= 0.3 is 13.2 Å². The van der Waals surface area contributed by atoms with E-state index in [9.17, 15) is 9.18 Å². The van der Waals surface area contributed by atoms with Gasteiger partial charge in [0.2, 0.25) is 5.91 Å². The number of carbonyl (C=O) groups excluding carboxylic acids is 1. The molecule has 1 fully saturated rings. The van der Waals surface area contributed by atoms with Gasteiger partial charge in [0.1, 0.15) is 0 Å². The van der Waals surface area contributed by atoms with Gasteiger partial charge in [-0.1, -0.05) is 6.08 Å². The lowest BCUT2D eigenvalue weighted by Gasteiger charge is -2.32. The van der Waals surface area contributed by atoms with E-state index in [4.69, 9.17) is 9.31 Å². The van der Waals surface area contributed by atoms with Crippen LogP contribution in [0.25, 0.3) is 6.08 Å². The van der Waals surface area contributed by atoms with Crippen LogP contribution < -0.4 is 5.32 Å². The first-order valence-electron chi connectivity index (χ1n) is 7.39. The van der Waals surface area contributed by atoms with E-state index in [0.29, 0.717) is 11.0 Å². The standard InChI is InChI=1S/C15H21BFN3O3/c1-10(21)18-9-12(6-11-7-19-13(17)20-8-11)16-22-14(2,3)15(4,5)23-16/h6-8H,9H2,1-5H3,(H,18,21). The average molecular weight is 321 g/mol. The fourth-order valence-corrected chi connectivity index (χ4v) is 2.03. The highest BCUT2D eigenvalue weighted by Gasteiger charge is 2.52. The molecule has 0 unspecified atom stereocenters. The molecule has 0 bridgehead atoms. The van der Waals surface area contributed by atoms with Gasteiger partial charge in [-0.25, -0.2) is 9.97 Å². The molecule has 1 N–H and O–H groups in total. The van der Waals surface area contributed by atoms with Crippen molar-refractivity contribution in [3.8, 4) is 0 Å². The third-order valence-corrected chi connectivity index (χ3v) is 4.09. The topological polar surface area (TPSA) is 73.3 Å². The van der Waals surface area contributed by atoms with E-state index in [1.165, 1.54) is 19.3 Å². The minimum atomic E-state index is -0.791. The lowest BCUT2D eigenvalue weighted by atomic mass is 9.77. The van der Waals surface area contributed by atoms with Crippen LogP contribution in [0.5, 0.6) is 0 Å². The fourth-order valence-electron chi connectivity index (χ4n) is 2.03. The van der Waals surface area contributed by atoms with E-state index in [1.54, 1.807) is 6.08 Å². The Kier molecular flexibility index (Phi) is 4.86. The van der Waals surface area contributed by atoms with Crippen LogP contribution in [0.15, 0.2) is 17.9 Å². The van der Waals surface area contributed by atoms with E-state index >= 15 is 0 Å². The Morgan fingerprint density at radius 1 is 1.26 bits per heavy atom. The molecule has 1 amide bonds. The number of aromatic nitrogens is 2. The molecule has 0 aliphatic carbocycles. The van der Waals surface area contributed by atoms with Crippen molar-refractivity contribution in [3.05, 3.63) is 29.5 Å². The van der Waals surface area contributed by atoms with Gasteiger partial charge in [-0.05, 0) is 33.2 Å². The maximum Gasteiger partial charge on any atom is 0.492 e. The summed E-state index contributed by atoms with van der Waals surface area (Å²) in [6.45, 7) is 9.48. The monoisotopic (exact) mass is 321 g/mol. The van der Waals surface area contributed by atoms with Crippen LogP contribution in [-0.2, 0) is 14.1 Å². The van der Waals surface area contributed by atoms with Crippen molar-refractivity contribution >= 4 is 19.1 Å². The van der Waals surface area contributed by atoms with Crippen molar-refractivity contribution in [2.75, 3.05) is 6.54 Å². The molecule has 1 saturated heterocycles. The van der Waals surface area contributed by atoms with Crippen LogP contribution >= 0.6 is 0 Å². The lowest BCUT2D eigenvalue weighted by molar-refractivity contribution is -0.118. The molecule has 0 saturated carbocycles. The zero-order valence-electron chi connectivity index (χ0n) is 14.0. The zero-order valence-corrected chi connectivity index (χ0v) is 14.0. The Labute approximate surface area is 135 Å². The summed E-state index contributed by atoms with van der Waals surface area (Å²) in [5.74, 6) is -0.164. The molecule has 0 spiro atoms. The van der Waals surface area contributed by atoms with Crippen molar-refractivity contribution in [1.82, 2.24) is 15.3 Å². The van der Waals surface area contributed by atoms with Gasteiger partial charge in [0.05, 0.1) is 11.2 Å². The Hall–Kier alpha value is -1.80.